The van der Waals surface area contributed by atoms with E-state index in [0.29, 0.717) is 16.6 Å². The number of benzene rings is 2. The van der Waals surface area contributed by atoms with E-state index in [1.807, 2.05) is 83.2 Å². The van der Waals surface area contributed by atoms with Crippen LogP contribution in [0.1, 0.15) is 34.6 Å². The summed E-state index contributed by atoms with van der Waals surface area (Å²) in [5.74, 6) is 0.796. The standard InChI is InChI=1S/C26H22ClFN4O.C4H8.C2H6.CH5PS/c1-3-4-20(28)11-17(2)15-33-25-8-6-21(13-23(25)27)32-26-22-12-18(19-9-10-29-14-19)5-7-24(22)30-16-31-26;1-3-4-2;1-2;1-2-3/h3-14,16,29H,1,15H2,2H3,(H,30,31,32);3-4H,1-2H3;1-2H3;2-3H,1H3/b17-11+,20-4+;;;. The molecule has 1 atom stereocenters. The Balaban J connectivity index is 0.000000873. The highest BCUT2D eigenvalue weighted by Crippen LogP contribution is 2.32. The molecule has 0 saturated carbocycles. The molecule has 0 bridgehead atoms. The molecule has 4 rings (SSSR count). The summed E-state index contributed by atoms with van der Waals surface area (Å²) in [5, 5.41) is 4.64. The average Bonchev–Trinajstić information content (AvgIpc) is 3.54. The number of hydrogen-bond acceptors (Lipinski definition) is 5. The average molecular weight is 627 g/mol. The molecule has 5 nitrogen and oxygen atoms in total. The van der Waals surface area contributed by atoms with E-state index in [2.05, 4.69) is 45.2 Å². The maximum absolute atomic E-state index is 13.5. The Morgan fingerprint density at radius 2 is 1.83 bits per heavy atom. The van der Waals surface area contributed by atoms with Crippen molar-refractivity contribution in [2.24, 2.45) is 0 Å². The van der Waals surface area contributed by atoms with Crippen LogP contribution in [0.4, 0.5) is 15.9 Å². The summed E-state index contributed by atoms with van der Waals surface area (Å²) in [6.07, 6.45) is 13.4. The quantitative estimate of drug-likeness (QED) is 0.0788. The lowest BCUT2D eigenvalue weighted by molar-refractivity contribution is 0.352. The van der Waals surface area contributed by atoms with Gasteiger partial charge in [-0.1, -0.05) is 64.1 Å². The molecule has 42 heavy (non-hydrogen) atoms. The third kappa shape index (κ3) is 12.6. The molecule has 9 heteroatoms. The smallest absolute Gasteiger partial charge is 0.141 e. The summed E-state index contributed by atoms with van der Waals surface area (Å²) in [4.78, 5) is 11.9. The molecule has 0 amide bonds. The molecule has 2 heterocycles. The van der Waals surface area contributed by atoms with Crippen LogP contribution in [-0.4, -0.2) is 28.2 Å². The summed E-state index contributed by atoms with van der Waals surface area (Å²) < 4.78 is 19.3. The van der Waals surface area contributed by atoms with Crippen molar-refractivity contribution < 1.29 is 9.13 Å². The van der Waals surface area contributed by atoms with Crippen LogP contribution in [0, 0.1) is 0 Å². The van der Waals surface area contributed by atoms with Crippen LogP contribution in [0.2, 0.25) is 5.02 Å². The van der Waals surface area contributed by atoms with Crippen LogP contribution in [-0.2, 0) is 0 Å². The lowest BCUT2D eigenvalue weighted by Crippen LogP contribution is -2.00. The first-order valence-corrected chi connectivity index (χ1v) is 16.6. The fourth-order valence-corrected chi connectivity index (χ4v) is 3.54. The van der Waals surface area contributed by atoms with Crippen molar-refractivity contribution in [1.29, 1.82) is 0 Å². The number of aromatic nitrogens is 3. The van der Waals surface area contributed by atoms with Crippen molar-refractivity contribution in [2.75, 3.05) is 18.6 Å². The molecule has 1 unspecified atom stereocenters. The molecular formula is C33H41ClFN4OPS. The highest BCUT2D eigenvalue weighted by atomic mass is 35.5. The zero-order valence-electron chi connectivity index (χ0n) is 25.1. The molecule has 4 aromatic rings. The number of hydrogen-bond donors (Lipinski definition) is 3. The zero-order valence-corrected chi connectivity index (χ0v) is 27.7. The van der Waals surface area contributed by atoms with Crippen molar-refractivity contribution in [2.45, 2.75) is 34.6 Å². The number of nitrogens with zero attached hydrogens (tertiary/aromatic N) is 2. The van der Waals surface area contributed by atoms with Gasteiger partial charge in [0.05, 0.1) is 10.5 Å². The van der Waals surface area contributed by atoms with Gasteiger partial charge in [0.25, 0.3) is 0 Å². The van der Waals surface area contributed by atoms with Gasteiger partial charge in [0.2, 0.25) is 0 Å². The van der Waals surface area contributed by atoms with Crippen LogP contribution < -0.4 is 10.1 Å². The summed E-state index contributed by atoms with van der Waals surface area (Å²) in [6.45, 7) is 15.5. The molecule has 2 aromatic carbocycles. The second-order valence-electron chi connectivity index (χ2n) is 8.28. The molecule has 2 aromatic heterocycles. The van der Waals surface area contributed by atoms with E-state index in [4.69, 9.17) is 16.3 Å². The van der Waals surface area contributed by atoms with Crippen molar-refractivity contribution in [3.05, 3.63) is 115 Å². The largest absolute Gasteiger partial charge is 0.488 e. The van der Waals surface area contributed by atoms with Gasteiger partial charge in [0, 0.05) is 23.5 Å². The minimum absolute atomic E-state index is 0.212. The Morgan fingerprint density at radius 3 is 2.43 bits per heavy atom. The first kappa shape index (κ1) is 36.6. The van der Waals surface area contributed by atoms with Crippen molar-refractivity contribution in [3.8, 4) is 16.9 Å². The van der Waals surface area contributed by atoms with Crippen LogP contribution in [0.25, 0.3) is 22.0 Å². The Morgan fingerprint density at radius 1 is 1.12 bits per heavy atom. The van der Waals surface area contributed by atoms with E-state index < -0.39 is 0 Å². The minimum atomic E-state index is -0.381. The molecule has 0 spiro atoms. The van der Waals surface area contributed by atoms with Gasteiger partial charge in [-0.25, -0.2) is 14.4 Å². The third-order valence-electron chi connectivity index (χ3n) is 5.21. The number of allylic oxidation sites excluding steroid dienone is 6. The van der Waals surface area contributed by atoms with Gasteiger partial charge in [-0.15, -0.1) is 0 Å². The maximum Gasteiger partial charge on any atom is 0.141 e. The highest BCUT2D eigenvalue weighted by molar-refractivity contribution is 8.37. The van der Waals surface area contributed by atoms with E-state index >= 15 is 0 Å². The van der Waals surface area contributed by atoms with E-state index in [-0.39, 0.29) is 12.4 Å². The molecule has 224 valence electrons. The summed E-state index contributed by atoms with van der Waals surface area (Å²) in [5.41, 5.74) is 4.45. The molecule has 2 N–H and O–H groups in total. The summed E-state index contributed by atoms with van der Waals surface area (Å²) in [6, 6.07) is 13.4. The van der Waals surface area contributed by atoms with Crippen LogP contribution in [0.5, 0.6) is 5.75 Å². The number of nitrogens with one attached hydrogen (secondary N) is 2. The van der Waals surface area contributed by atoms with Crippen LogP contribution in [0.3, 0.4) is 0 Å². The fraction of sp³-hybridized carbons (Fsp3) is 0.212. The number of fused-ring (bicyclic) bond motifs is 1. The molecule has 0 saturated heterocycles. The molecule has 0 aliphatic heterocycles. The fourth-order valence-electron chi connectivity index (χ4n) is 3.30. The van der Waals surface area contributed by atoms with Crippen molar-refractivity contribution in [3.63, 3.8) is 0 Å². The second kappa shape index (κ2) is 21.3. The lowest BCUT2D eigenvalue weighted by atomic mass is 10.1. The topological polar surface area (TPSA) is 62.8 Å². The third-order valence-corrected chi connectivity index (χ3v) is 5.51. The Kier molecular flexibility index (Phi) is 18.6. The predicted octanol–water partition coefficient (Wildman–Crippen LogP) is 11.1. The number of anilines is 2. The van der Waals surface area contributed by atoms with E-state index in [1.54, 1.807) is 19.1 Å². The van der Waals surface area contributed by atoms with Crippen LogP contribution in [0.15, 0.2) is 110 Å². The van der Waals surface area contributed by atoms with E-state index in [9.17, 15) is 4.39 Å². The normalized spacial score (nSPS) is 11.3. The first-order chi connectivity index (χ1) is 20.4. The molecule has 0 aliphatic carbocycles. The number of ether oxygens (including phenoxy) is 1. The number of thiol groups is 1. The highest BCUT2D eigenvalue weighted by Gasteiger charge is 2.09. The molecule has 0 aliphatic rings. The Labute approximate surface area is 262 Å². The molecular weight excluding hydrogens is 586 g/mol. The molecule has 0 fully saturated rings. The van der Waals surface area contributed by atoms with Gasteiger partial charge in [-0.05, 0) is 92.7 Å². The van der Waals surface area contributed by atoms with Gasteiger partial charge in [-0.2, -0.15) is 12.2 Å². The second-order valence-corrected chi connectivity index (χ2v) is 10.5. The number of rotatable bonds is 8. The number of halogens is 2. The monoisotopic (exact) mass is 626 g/mol. The van der Waals surface area contributed by atoms with Crippen molar-refractivity contribution >= 4 is 54.0 Å². The van der Waals surface area contributed by atoms with Crippen LogP contribution >= 0.6 is 31.6 Å². The van der Waals surface area contributed by atoms with Gasteiger partial charge in [0.1, 0.15) is 30.3 Å². The number of aromatic amines is 1. The zero-order chi connectivity index (χ0) is 31.3. The van der Waals surface area contributed by atoms with Gasteiger partial charge < -0.3 is 15.0 Å². The minimum Gasteiger partial charge on any atom is -0.488 e. The summed E-state index contributed by atoms with van der Waals surface area (Å²) >= 11 is 10.2. The molecule has 0 radical (unpaired) electrons. The SMILES string of the molecule is C=C/C=C(F)\C=C(/C)COc1ccc(Nc2ncnc3ccc(-c4cc[nH]c4)cc23)cc1Cl.CC.CC=CC.CPS. The van der Waals surface area contributed by atoms with Gasteiger partial charge in [-0.3, -0.25) is 0 Å². The Bertz CT molecular complexity index is 1450. The predicted molar refractivity (Wildman–Crippen MR) is 188 cm³/mol. The summed E-state index contributed by atoms with van der Waals surface area (Å²) in [7, 11) is 0.778. The maximum atomic E-state index is 13.5. The number of H-pyrrole nitrogens is 1. The van der Waals surface area contributed by atoms with Crippen molar-refractivity contribution in [1.82, 2.24) is 15.0 Å². The lowest BCUT2D eigenvalue weighted by Gasteiger charge is -2.12. The van der Waals surface area contributed by atoms with E-state index in [1.165, 1.54) is 24.6 Å². The van der Waals surface area contributed by atoms with Gasteiger partial charge in [0.15, 0.2) is 0 Å². The Hall–Kier alpha value is -3.38. The van der Waals surface area contributed by atoms with Gasteiger partial charge >= 0.3 is 0 Å². The van der Waals surface area contributed by atoms with E-state index in [0.717, 1.165) is 41.1 Å². The first-order valence-electron chi connectivity index (χ1n) is 13.5.